The summed E-state index contributed by atoms with van der Waals surface area (Å²) >= 11 is 3.49. The summed E-state index contributed by atoms with van der Waals surface area (Å²) in [6.07, 6.45) is 9.60. The Kier molecular flexibility index (Phi) is 9.91. The number of rotatable bonds is 13. The quantitative estimate of drug-likeness (QED) is 0.249. The minimum absolute atomic E-state index is 0.756. The Bertz CT molecular complexity index is 654. The van der Waals surface area contributed by atoms with Gasteiger partial charge >= 0.3 is 0 Å². The van der Waals surface area contributed by atoms with Gasteiger partial charge in [0.25, 0.3) is 0 Å². The average molecular weight is 421 g/mol. The number of halogens is 1. The van der Waals surface area contributed by atoms with Gasteiger partial charge < -0.3 is 9.47 Å². The topological polar surface area (TPSA) is 18.5 Å². The van der Waals surface area contributed by atoms with Gasteiger partial charge in [-0.05, 0) is 37.3 Å². The van der Waals surface area contributed by atoms with Gasteiger partial charge in [0.15, 0.2) is 0 Å². The van der Waals surface area contributed by atoms with E-state index in [2.05, 4.69) is 60.1 Å². The van der Waals surface area contributed by atoms with Crippen LogP contribution in [0.15, 0.2) is 30.3 Å². The van der Waals surface area contributed by atoms with E-state index in [4.69, 9.17) is 9.47 Å². The molecule has 0 fully saturated rings. The van der Waals surface area contributed by atoms with Crippen molar-refractivity contribution in [2.45, 2.75) is 65.2 Å². The second kappa shape index (κ2) is 12.2. The molecule has 3 heteroatoms. The number of hydrogen-bond acceptors (Lipinski definition) is 2. The lowest BCUT2D eigenvalue weighted by atomic mass is 10.0. The number of hydrogen-bond donors (Lipinski definition) is 0. The van der Waals surface area contributed by atoms with Gasteiger partial charge in [-0.3, -0.25) is 0 Å². The molecule has 0 unspecified atom stereocenters. The first-order chi connectivity index (χ1) is 12.8. The van der Waals surface area contributed by atoms with E-state index in [1.54, 1.807) is 0 Å². The molecular weight excluding hydrogens is 388 g/mol. The summed E-state index contributed by atoms with van der Waals surface area (Å²) in [6, 6.07) is 10.6. The van der Waals surface area contributed by atoms with E-state index >= 15 is 0 Å². The molecule has 2 aromatic carbocycles. The lowest BCUT2D eigenvalue weighted by Gasteiger charge is -2.17. The molecule has 0 saturated heterocycles. The van der Waals surface area contributed by atoms with E-state index in [-0.39, 0.29) is 0 Å². The summed E-state index contributed by atoms with van der Waals surface area (Å²) in [5.41, 5.74) is 1.24. The molecule has 2 aromatic rings. The van der Waals surface area contributed by atoms with E-state index < -0.39 is 0 Å². The maximum atomic E-state index is 6.19. The molecule has 26 heavy (non-hydrogen) atoms. The predicted molar refractivity (Wildman–Crippen MR) is 116 cm³/mol. The summed E-state index contributed by atoms with van der Waals surface area (Å²) < 4.78 is 12.3. The maximum Gasteiger partial charge on any atom is 0.130 e. The second-order valence-electron chi connectivity index (χ2n) is 6.77. The molecule has 0 saturated carbocycles. The number of aryl methyl sites for hydroxylation is 1. The van der Waals surface area contributed by atoms with Crippen LogP contribution in [0.4, 0.5) is 0 Å². The molecular formula is C23H33BrO2. The van der Waals surface area contributed by atoms with Crippen molar-refractivity contribution in [2.24, 2.45) is 0 Å². The first-order valence-electron chi connectivity index (χ1n) is 10.2. The summed E-state index contributed by atoms with van der Waals surface area (Å²) in [6.45, 7) is 5.87. The van der Waals surface area contributed by atoms with Crippen LogP contribution in [-0.2, 0) is 6.42 Å². The van der Waals surface area contributed by atoms with Crippen LogP contribution >= 0.6 is 15.9 Å². The van der Waals surface area contributed by atoms with Crippen LogP contribution in [0.25, 0.3) is 10.8 Å². The fourth-order valence-electron chi connectivity index (χ4n) is 3.21. The third kappa shape index (κ3) is 6.19. The van der Waals surface area contributed by atoms with Gasteiger partial charge in [0.05, 0.1) is 13.2 Å². The summed E-state index contributed by atoms with van der Waals surface area (Å²) in [4.78, 5) is 0. The van der Waals surface area contributed by atoms with Crippen LogP contribution in [0.3, 0.4) is 0 Å². The van der Waals surface area contributed by atoms with E-state index in [1.807, 2.05) is 0 Å². The number of fused-ring (bicyclic) bond motifs is 1. The van der Waals surface area contributed by atoms with Crippen molar-refractivity contribution >= 4 is 26.7 Å². The minimum atomic E-state index is 0.756. The van der Waals surface area contributed by atoms with Crippen LogP contribution < -0.4 is 9.47 Å². The lowest BCUT2D eigenvalue weighted by molar-refractivity contribution is 0.303. The normalized spacial score (nSPS) is 11.0. The Balaban J connectivity index is 2.01. The van der Waals surface area contributed by atoms with Gasteiger partial charge in [-0.25, -0.2) is 0 Å². The van der Waals surface area contributed by atoms with Crippen LogP contribution in [0.5, 0.6) is 11.5 Å². The first-order valence-corrected chi connectivity index (χ1v) is 11.3. The Hall–Kier alpha value is -1.22. The third-order valence-electron chi connectivity index (χ3n) is 4.65. The zero-order valence-corrected chi connectivity index (χ0v) is 17.9. The molecule has 0 aliphatic heterocycles. The molecule has 0 aliphatic carbocycles. The Morgan fingerprint density at radius 1 is 0.808 bits per heavy atom. The van der Waals surface area contributed by atoms with Crippen molar-refractivity contribution in [3.63, 3.8) is 0 Å². The largest absolute Gasteiger partial charge is 0.493 e. The van der Waals surface area contributed by atoms with Crippen molar-refractivity contribution in [1.82, 2.24) is 0 Å². The van der Waals surface area contributed by atoms with Gasteiger partial charge in [0.1, 0.15) is 11.5 Å². The zero-order valence-electron chi connectivity index (χ0n) is 16.4. The highest BCUT2D eigenvalue weighted by molar-refractivity contribution is 9.09. The molecule has 0 N–H and O–H groups in total. The van der Waals surface area contributed by atoms with Gasteiger partial charge in [-0.15, -0.1) is 0 Å². The van der Waals surface area contributed by atoms with Crippen molar-refractivity contribution in [3.05, 3.63) is 35.9 Å². The Morgan fingerprint density at radius 3 is 2.19 bits per heavy atom. The number of unbranched alkanes of at least 4 members (excludes halogenated alkanes) is 5. The molecule has 0 spiro atoms. The highest BCUT2D eigenvalue weighted by Gasteiger charge is 2.13. The SMILES string of the molecule is CCCOc1c(CC)cc(OCCCCCCCCBr)c2ccccc12. The van der Waals surface area contributed by atoms with Crippen molar-refractivity contribution in [2.75, 3.05) is 18.5 Å². The van der Waals surface area contributed by atoms with Crippen molar-refractivity contribution < 1.29 is 9.47 Å². The maximum absolute atomic E-state index is 6.19. The summed E-state index contributed by atoms with van der Waals surface area (Å²) in [5.74, 6) is 2.03. The molecule has 0 atom stereocenters. The second-order valence-corrected chi connectivity index (χ2v) is 7.56. The number of alkyl halides is 1. The average Bonchev–Trinajstić information content (AvgIpc) is 2.68. The molecule has 0 radical (unpaired) electrons. The van der Waals surface area contributed by atoms with Gasteiger partial charge in [-0.1, -0.05) is 79.7 Å². The highest BCUT2D eigenvalue weighted by Crippen LogP contribution is 2.37. The van der Waals surface area contributed by atoms with Crippen LogP contribution in [0, 0.1) is 0 Å². The monoisotopic (exact) mass is 420 g/mol. The number of benzene rings is 2. The van der Waals surface area contributed by atoms with E-state index in [0.29, 0.717) is 0 Å². The van der Waals surface area contributed by atoms with Crippen LogP contribution in [0.2, 0.25) is 0 Å². The van der Waals surface area contributed by atoms with E-state index in [0.717, 1.165) is 54.7 Å². The Labute approximate surface area is 167 Å². The van der Waals surface area contributed by atoms with Crippen LogP contribution in [0.1, 0.15) is 64.4 Å². The number of ether oxygens (including phenoxy) is 2. The summed E-state index contributed by atoms with van der Waals surface area (Å²) in [7, 11) is 0. The van der Waals surface area contributed by atoms with Gasteiger partial charge in [-0.2, -0.15) is 0 Å². The molecule has 0 bridgehead atoms. The molecule has 0 aliphatic rings. The predicted octanol–water partition coefficient (Wildman–Crippen LogP) is 7.31. The molecule has 0 heterocycles. The molecule has 0 aromatic heterocycles. The molecule has 144 valence electrons. The highest BCUT2D eigenvalue weighted by atomic mass is 79.9. The zero-order chi connectivity index (χ0) is 18.6. The van der Waals surface area contributed by atoms with Gasteiger partial charge in [0.2, 0.25) is 0 Å². The standard InChI is InChI=1S/C23H33BrO2/c1-3-16-26-23-19(4-2)18-22(20-13-9-10-14-21(20)23)25-17-12-8-6-5-7-11-15-24/h9-10,13-14,18H,3-8,11-12,15-17H2,1-2H3. The summed E-state index contributed by atoms with van der Waals surface area (Å²) in [5, 5.41) is 3.46. The minimum Gasteiger partial charge on any atom is -0.493 e. The fraction of sp³-hybridized carbons (Fsp3) is 0.565. The molecule has 0 amide bonds. The molecule has 2 nitrogen and oxygen atoms in total. The van der Waals surface area contributed by atoms with Crippen molar-refractivity contribution in [1.29, 1.82) is 0 Å². The van der Waals surface area contributed by atoms with E-state index in [9.17, 15) is 0 Å². The van der Waals surface area contributed by atoms with Crippen molar-refractivity contribution in [3.8, 4) is 11.5 Å². The third-order valence-corrected chi connectivity index (χ3v) is 5.21. The molecule has 2 rings (SSSR count). The first kappa shape index (κ1) is 21.1. The smallest absolute Gasteiger partial charge is 0.130 e. The van der Waals surface area contributed by atoms with Crippen LogP contribution in [-0.4, -0.2) is 18.5 Å². The Morgan fingerprint density at radius 2 is 1.50 bits per heavy atom. The lowest BCUT2D eigenvalue weighted by Crippen LogP contribution is -2.03. The fourth-order valence-corrected chi connectivity index (χ4v) is 3.61. The van der Waals surface area contributed by atoms with Gasteiger partial charge in [0, 0.05) is 16.1 Å². The van der Waals surface area contributed by atoms with E-state index in [1.165, 1.54) is 43.1 Å².